The number of nitro groups is 3. The van der Waals surface area contributed by atoms with Crippen molar-refractivity contribution in [1.82, 2.24) is 0 Å². The van der Waals surface area contributed by atoms with Gasteiger partial charge in [0.15, 0.2) is 0 Å². The molecule has 0 amide bonds. The summed E-state index contributed by atoms with van der Waals surface area (Å²) < 4.78 is 0. The Morgan fingerprint density at radius 1 is 0.655 bits per heavy atom. The lowest BCUT2D eigenvalue weighted by Crippen LogP contribution is -2.18. The standard InChI is InChI=1S/C19H14N4O6/c24-21(25)16-11-18(22(26)27)17(19(12-16)23(28)29)13-20(14-7-3-1-4-8-14)15-9-5-2-6-10-15/h1-12H,13H2. The predicted molar refractivity (Wildman–Crippen MR) is 105 cm³/mol. The number of anilines is 2. The van der Waals surface area contributed by atoms with Gasteiger partial charge in [-0.1, -0.05) is 36.4 Å². The van der Waals surface area contributed by atoms with Crippen LogP contribution in [0.1, 0.15) is 5.56 Å². The molecule has 0 atom stereocenters. The second-order valence-electron chi connectivity index (χ2n) is 5.99. The van der Waals surface area contributed by atoms with Gasteiger partial charge in [0.2, 0.25) is 0 Å². The van der Waals surface area contributed by atoms with Crippen LogP contribution < -0.4 is 4.90 Å². The predicted octanol–water partition coefficient (Wildman–Crippen LogP) is 4.75. The number of non-ortho nitro benzene ring substituents is 1. The molecule has 146 valence electrons. The van der Waals surface area contributed by atoms with Gasteiger partial charge in [-0.15, -0.1) is 0 Å². The van der Waals surface area contributed by atoms with Crippen LogP contribution >= 0.6 is 0 Å². The lowest BCUT2D eigenvalue weighted by atomic mass is 10.1. The summed E-state index contributed by atoms with van der Waals surface area (Å²) in [7, 11) is 0. The van der Waals surface area contributed by atoms with Crippen LogP contribution in [0.25, 0.3) is 0 Å². The van der Waals surface area contributed by atoms with Crippen LogP contribution in [0.5, 0.6) is 0 Å². The van der Waals surface area contributed by atoms with E-state index in [0.717, 1.165) is 12.1 Å². The molecule has 10 nitrogen and oxygen atoms in total. The molecule has 0 aliphatic rings. The first-order valence-electron chi connectivity index (χ1n) is 8.36. The van der Waals surface area contributed by atoms with Gasteiger partial charge in [0.25, 0.3) is 17.1 Å². The number of hydrogen-bond acceptors (Lipinski definition) is 7. The molecule has 3 aromatic rings. The Balaban J connectivity index is 2.21. The molecule has 0 heterocycles. The summed E-state index contributed by atoms with van der Waals surface area (Å²) in [5.41, 5.74) is -0.983. The van der Waals surface area contributed by atoms with Crippen LogP contribution in [0.2, 0.25) is 0 Å². The summed E-state index contributed by atoms with van der Waals surface area (Å²) in [6.45, 7) is -0.224. The van der Waals surface area contributed by atoms with Gasteiger partial charge < -0.3 is 4.90 Å². The molecular formula is C19H14N4O6. The van der Waals surface area contributed by atoms with E-state index in [0.29, 0.717) is 11.4 Å². The van der Waals surface area contributed by atoms with Crippen LogP contribution in [0.15, 0.2) is 72.8 Å². The van der Waals surface area contributed by atoms with Crippen LogP contribution in [0, 0.1) is 30.3 Å². The summed E-state index contributed by atoms with van der Waals surface area (Å²) in [6.07, 6.45) is 0. The molecule has 0 saturated carbocycles. The van der Waals surface area contributed by atoms with E-state index < -0.39 is 31.8 Å². The Labute approximate surface area is 164 Å². The lowest BCUT2D eigenvalue weighted by Gasteiger charge is -2.25. The third kappa shape index (κ3) is 4.16. The lowest BCUT2D eigenvalue weighted by molar-refractivity contribution is -0.404. The average molecular weight is 394 g/mol. The smallest absolute Gasteiger partial charge is 0.288 e. The van der Waals surface area contributed by atoms with E-state index in [9.17, 15) is 30.3 Å². The number of benzene rings is 3. The largest absolute Gasteiger partial charge is 0.336 e. The number of hydrogen-bond donors (Lipinski definition) is 0. The van der Waals surface area contributed by atoms with Gasteiger partial charge in [0.05, 0.1) is 33.4 Å². The summed E-state index contributed by atoms with van der Waals surface area (Å²) >= 11 is 0. The number of rotatable bonds is 7. The number of nitro benzene ring substituents is 3. The maximum atomic E-state index is 11.6. The van der Waals surface area contributed by atoms with Crippen molar-refractivity contribution < 1.29 is 14.8 Å². The number of nitrogens with zero attached hydrogens (tertiary/aromatic N) is 4. The van der Waals surface area contributed by atoms with E-state index in [2.05, 4.69) is 0 Å². The second-order valence-corrected chi connectivity index (χ2v) is 5.99. The first-order valence-corrected chi connectivity index (χ1v) is 8.36. The molecule has 0 N–H and O–H groups in total. The highest BCUT2D eigenvalue weighted by atomic mass is 16.6. The fourth-order valence-corrected chi connectivity index (χ4v) is 2.93. The highest BCUT2D eigenvalue weighted by Gasteiger charge is 2.32. The van der Waals surface area contributed by atoms with Gasteiger partial charge in [-0.25, -0.2) is 0 Å². The molecule has 0 aliphatic carbocycles. The minimum Gasteiger partial charge on any atom is -0.336 e. The van der Waals surface area contributed by atoms with Crippen molar-refractivity contribution in [3.05, 3.63) is 109 Å². The highest BCUT2D eigenvalue weighted by Crippen LogP contribution is 2.37. The Morgan fingerprint density at radius 3 is 1.41 bits per heavy atom. The van der Waals surface area contributed by atoms with Crippen molar-refractivity contribution in [3.63, 3.8) is 0 Å². The maximum absolute atomic E-state index is 11.6. The molecule has 3 aromatic carbocycles. The fraction of sp³-hybridized carbons (Fsp3) is 0.0526. The Kier molecular flexibility index (Phi) is 5.44. The Hall–Kier alpha value is -4.34. The van der Waals surface area contributed by atoms with Crippen LogP contribution in [0.3, 0.4) is 0 Å². The van der Waals surface area contributed by atoms with Crippen molar-refractivity contribution >= 4 is 28.4 Å². The van der Waals surface area contributed by atoms with Gasteiger partial charge in [-0.3, -0.25) is 30.3 Å². The van der Waals surface area contributed by atoms with E-state index in [1.165, 1.54) is 0 Å². The van der Waals surface area contributed by atoms with E-state index in [1.54, 1.807) is 65.6 Å². The molecular weight excluding hydrogens is 380 g/mol. The first kappa shape index (κ1) is 19.4. The third-order valence-corrected chi connectivity index (χ3v) is 4.24. The molecule has 0 aliphatic heterocycles. The number of para-hydroxylation sites is 2. The summed E-state index contributed by atoms with van der Waals surface area (Å²) in [4.78, 5) is 33.3. The van der Waals surface area contributed by atoms with Crippen LogP contribution in [0.4, 0.5) is 28.4 Å². The second kappa shape index (κ2) is 8.13. The van der Waals surface area contributed by atoms with Crippen molar-refractivity contribution in [2.45, 2.75) is 6.54 Å². The van der Waals surface area contributed by atoms with Crippen molar-refractivity contribution in [3.8, 4) is 0 Å². The maximum Gasteiger partial charge on any atom is 0.288 e. The third-order valence-electron chi connectivity index (χ3n) is 4.24. The quantitative estimate of drug-likeness (QED) is 0.417. The van der Waals surface area contributed by atoms with Gasteiger partial charge in [0.1, 0.15) is 5.56 Å². The SMILES string of the molecule is O=[N+]([O-])c1cc([N+](=O)[O-])c(CN(c2ccccc2)c2ccccc2)c([N+](=O)[O-])c1. The van der Waals surface area contributed by atoms with E-state index in [4.69, 9.17) is 0 Å². The van der Waals surface area contributed by atoms with Gasteiger partial charge in [-0.05, 0) is 24.3 Å². The minimum atomic E-state index is -0.893. The molecule has 0 unspecified atom stereocenters. The summed E-state index contributed by atoms with van der Waals surface area (Å²) in [5.74, 6) is 0. The van der Waals surface area contributed by atoms with E-state index in [1.807, 2.05) is 0 Å². The molecule has 29 heavy (non-hydrogen) atoms. The zero-order valence-electron chi connectivity index (χ0n) is 14.9. The topological polar surface area (TPSA) is 133 Å². The molecule has 0 spiro atoms. The van der Waals surface area contributed by atoms with E-state index in [-0.39, 0.29) is 12.1 Å². The summed E-state index contributed by atoms with van der Waals surface area (Å²) in [6, 6.07) is 19.2. The van der Waals surface area contributed by atoms with Gasteiger partial charge in [-0.2, -0.15) is 0 Å². The normalized spacial score (nSPS) is 10.3. The molecule has 0 saturated heterocycles. The molecule has 0 fully saturated rings. The van der Waals surface area contributed by atoms with Gasteiger partial charge in [0, 0.05) is 11.4 Å². The zero-order chi connectivity index (χ0) is 21.0. The Bertz CT molecular complexity index is 998. The minimum absolute atomic E-state index is 0.224. The summed E-state index contributed by atoms with van der Waals surface area (Å²) in [5, 5.41) is 34.2. The molecule has 0 bridgehead atoms. The molecule has 0 radical (unpaired) electrons. The zero-order valence-corrected chi connectivity index (χ0v) is 14.9. The molecule has 10 heteroatoms. The highest BCUT2D eigenvalue weighted by molar-refractivity contribution is 5.67. The van der Waals surface area contributed by atoms with Crippen molar-refractivity contribution in [2.75, 3.05) is 4.90 Å². The average Bonchev–Trinajstić information content (AvgIpc) is 2.72. The van der Waals surface area contributed by atoms with Gasteiger partial charge >= 0.3 is 0 Å². The monoisotopic (exact) mass is 394 g/mol. The first-order chi connectivity index (χ1) is 13.9. The Morgan fingerprint density at radius 2 is 1.07 bits per heavy atom. The van der Waals surface area contributed by atoms with Crippen molar-refractivity contribution in [2.24, 2.45) is 0 Å². The van der Waals surface area contributed by atoms with Crippen LogP contribution in [-0.4, -0.2) is 14.8 Å². The fourth-order valence-electron chi connectivity index (χ4n) is 2.93. The van der Waals surface area contributed by atoms with E-state index >= 15 is 0 Å². The van der Waals surface area contributed by atoms with Crippen molar-refractivity contribution in [1.29, 1.82) is 0 Å². The molecule has 3 rings (SSSR count). The van der Waals surface area contributed by atoms with Crippen LogP contribution in [-0.2, 0) is 6.54 Å². The molecule has 0 aromatic heterocycles.